The molecule has 1 fully saturated rings. The normalized spacial score (nSPS) is 16.4. The van der Waals surface area contributed by atoms with E-state index in [-0.39, 0.29) is 0 Å². The molecular weight excluding hydrogens is 210 g/mol. The number of ether oxygens (including phenoxy) is 1. The Morgan fingerprint density at radius 1 is 1.12 bits per heavy atom. The smallest absolute Gasteiger partial charge is 0.0471 e. The first-order valence-electron chi connectivity index (χ1n) is 7.57. The molecular formula is C15H31NO. The summed E-state index contributed by atoms with van der Waals surface area (Å²) >= 11 is 0. The molecule has 0 unspecified atom stereocenters. The van der Waals surface area contributed by atoms with Crippen LogP contribution in [0.25, 0.3) is 0 Å². The molecule has 2 heteroatoms. The maximum atomic E-state index is 5.73. The third kappa shape index (κ3) is 5.87. The maximum absolute atomic E-state index is 5.73. The van der Waals surface area contributed by atoms with Crippen LogP contribution >= 0.6 is 0 Å². The fourth-order valence-corrected chi connectivity index (χ4v) is 2.23. The van der Waals surface area contributed by atoms with E-state index < -0.39 is 0 Å². The Bertz CT molecular complexity index is 185. The van der Waals surface area contributed by atoms with Crippen molar-refractivity contribution in [2.45, 2.75) is 71.8 Å². The first kappa shape index (κ1) is 15.0. The van der Waals surface area contributed by atoms with Gasteiger partial charge >= 0.3 is 0 Å². The van der Waals surface area contributed by atoms with Gasteiger partial charge in [-0.3, -0.25) is 0 Å². The lowest BCUT2D eigenvalue weighted by Crippen LogP contribution is -2.35. The summed E-state index contributed by atoms with van der Waals surface area (Å²) in [5.74, 6) is 0. The van der Waals surface area contributed by atoms with Crippen LogP contribution in [0.15, 0.2) is 0 Å². The third-order valence-corrected chi connectivity index (χ3v) is 4.26. The quantitative estimate of drug-likeness (QED) is 0.556. The average molecular weight is 241 g/mol. The standard InChI is InChI=1S/C15H31NO/c1-4-7-11-17-12-10-15(5-2,6-3)13-16-14-8-9-14/h14,16H,4-13H2,1-3H3. The fraction of sp³-hybridized carbons (Fsp3) is 1.00. The summed E-state index contributed by atoms with van der Waals surface area (Å²) in [6, 6.07) is 0.827. The van der Waals surface area contributed by atoms with Crippen LogP contribution in [-0.2, 0) is 4.74 Å². The van der Waals surface area contributed by atoms with Crippen molar-refractivity contribution in [3.05, 3.63) is 0 Å². The van der Waals surface area contributed by atoms with E-state index in [2.05, 4.69) is 26.1 Å². The summed E-state index contributed by atoms with van der Waals surface area (Å²) in [4.78, 5) is 0. The highest BCUT2D eigenvalue weighted by Gasteiger charge is 2.29. The Hall–Kier alpha value is -0.0800. The monoisotopic (exact) mass is 241 g/mol. The van der Waals surface area contributed by atoms with Crippen molar-refractivity contribution < 1.29 is 4.74 Å². The number of rotatable bonds is 11. The lowest BCUT2D eigenvalue weighted by Gasteiger charge is -2.32. The van der Waals surface area contributed by atoms with Gasteiger partial charge in [0.15, 0.2) is 0 Å². The fourth-order valence-electron chi connectivity index (χ4n) is 2.23. The zero-order valence-corrected chi connectivity index (χ0v) is 12.1. The van der Waals surface area contributed by atoms with Crippen molar-refractivity contribution in [2.24, 2.45) is 5.41 Å². The maximum Gasteiger partial charge on any atom is 0.0471 e. The molecule has 1 rings (SSSR count). The van der Waals surface area contributed by atoms with Gasteiger partial charge in [0.25, 0.3) is 0 Å². The SMILES string of the molecule is CCCCOCCC(CC)(CC)CNC1CC1. The number of unbranched alkanes of at least 4 members (excludes halogenated alkanes) is 1. The molecule has 1 aliphatic rings. The van der Waals surface area contributed by atoms with E-state index in [0.717, 1.165) is 19.3 Å². The molecule has 0 atom stereocenters. The third-order valence-electron chi connectivity index (χ3n) is 4.26. The van der Waals surface area contributed by atoms with Crippen LogP contribution in [-0.4, -0.2) is 25.8 Å². The molecule has 0 radical (unpaired) electrons. The molecule has 0 saturated heterocycles. The van der Waals surface area contributed by atoms with Crippen LogP contribution in [0.2, 0.25) is 0 Å². The second kappa shape index (κ2) is 8.10. The van der Waals surface area contributed by atoms with Crippen molar-refractivity contribution in [3.8, 4) is 0 Å². The van der Waals surface area contributed by atoms with Crippen LogP contribution < -0.4 is 5.32 Å². The molecule has 102 valence electrons. The Morgan fingerprint density at radius 3 is 2.35 bits per heavy atom. The Balaban J connectivity index is 2.19. The molecule has 0 aromatic rings. The highest BCUT2D eigenvalue weighted by atomic mass is 16.5. The van der Waals surface area contributed by atoms with Crippen LogP contribution in [0.1, 0.15) is 65.7 Å². The molecule has 0 spiro atoms. The highest BCUT2D eigenvalue weighted by Crippen LogP contribution is 2.31. The van der Waals surface area contributed by atoms with E-state index in [4.69, 9.17) is 4.74 Å². The minimum Gasteiger partial charge on any atom is -0.381 e. The van der Waals surface area contributed by atoms with Crippen molar-refractivity contribution in [2.75, 3.05) is 19.8 Å². The van der Waals surface area contributed by atoms with Crippen molar-refractivity contribution in [3.63, 3.8) is 0 Å². The van der Waals surface area contributed by atoms with Crippen molar-refractivity contribution in [1.29, 1.82) is 0 Å². The van der Waals surface area contributed by atoms with Crippen LogP contribution in [0.5, 0.6) is 0 Å². The number of hydrogen-bond donors (Lipinski definition) is 1. The van der Waals surface area contributed by atoms with Gasteiger partial charge < -0.3 is 10.1 Å². The van der Waals surface area contributed by atoms with Crippen LogP contribution in [0, 0.1) is 5.41 Å². The van der Waals surface area contributed by atoms with Gasteiger partial charge in [0.05, 0.1) is 0 Å². The van der Waals surface area contributed by atoms with Gasteiger partial charge in [-0.15, -0.1) is 0 Å². The van der Waals surface area contributed by atoms with E-state index in [0.29, 0.717) is 5.41 Å². The van der Waals surface area contributed by atoms with Crippen LogP contribution in [0.3, 0.4) is 0 Å². The molecule has 1 saturated carbocycles. The number of nitrogens with one attached hydrogen (secondary N) is 1. The summed E-state index contributed by atoms with van der Waals surface area (Å²) in [6.45, 7) is 9.92. The van der Waals surface area contributed by atoms with Gasteiger partial charge in [-0.2, -0.15) is 0 Å². The van der Waals surface area contributed by atoms with Gasteiger partial charge in [0.1, 0.15) is 0 Å². The lowest BCUT2D eigenvalue weighted by molar-refractivity contribution is 0.0860. The van der Waals surface area contributed by atoms with E-state index in [1.807, 2.05) is 0 Å². The second-order valence-electron chi connectivity index (χ2n) is 5.58. The zero-order chi connectivity index (χ0) is 12.6. The Kier molecular flexibility index (Phi) is 7.14. The molecule has 0 heterocycles. The summed E-state index contributed by atoms with van der Waals surface area (Å²) in [7, 11) is 0. The van der Waals surface area contributed by atoms with E-state index in [1.54, 1.807) is 0 Å². The predicted molar refractivity (Wildman–Crippen MR) is 74.4 cm³/mol. The summed E-state index contributed by atoms with van der Waals surface area (Å²) < 4.78 is 5.73. The van der Waals surface area contributed by atoms with Gasteiger partial charge in [-0.05, 0) is 43.9 Å². The molecule has 1 aliphatic carbocycles. The Morgan fingerprint density at radius 2 is 1.82 bits per heavy atom. The van der Waals surface area contributed by atoms with E-state index in [1.165, 1.54) is 51.5 Å². The first-order chi connectivity index (χ1) is 8.26. The van der Waals surface area contributed by atoms with E-state index >= 15 is 0 Å². The average Bonchev–Trinajstić information content (AvgIpc) is 3.17. The number of hydrogen-bond acceptors (Lipinski definition) is 2. The molecule has 0 aliphatic heterocycles. The van der Waals surface area contributed by atoms with Gasteiger partial charge in [-0.25, -0.2) is 0 Å². The van der Waals surface area contributed by atoms with Gasteiger partial charge in [-0.1, -0.05) is 27.2 Å². The zero-order valence-electron chi connectivity index (χ0n) is 12.1. The van der Waals surface area contributed by atoms with Gasteiger partial charge in [0.2, 0.25) is 0 Å². The summed E-state index contributed by atoms with van der Waals surface area (Å²) in [5.41, 5.74) is 0.467. The summed E-state index contributed by atoms with van der Waals surface area (Å²) in [6.07, 6.45) is 8.94. The van der Waals surface area contributed by atoms with Crippen LogP contribution in [0.4, 0.5) is 0 Å². The van der Waals surface area contributed by atoms with Crippen molar-refractivity contribution >= 4 is 0 Å². The summed E-state index contributed by atoms with van der Waals surface area (Å²) in [5, 5.41) is 3.70. The second-order valence-corrected chi connectivity index (χ2v) is 5.58. The van der Waals surface area contributed by atoms with Gasteiger partial charge in [0, 0.05) is 25.8 Å². The molecule has 0 bridgehead atoms. The largest absolute Gasteiger partial charge is 0.381 e. The molecule has 0 amide bonds. The molecule has 0 aromatic heterocycles. The molecule has 1 N–H and O–H groups in total. The molecule has 2 nitrogen and oxygen atoms in total. The topological polar surface area (TPSA) is 21.3 Å². The molecule has 0 aromatic carbocycles. The Labute approximate surface area is 108 Å². The highest BCUT2D eigenvalue weighted by molar-refractivity contribution is 4.86. The van der Waals surface area contributed by atoms with Crippen molar-refractivity contribution in [1.82, 2.24) is 5.32 Å². The molecule has 17 heavy (non-hydrogen) atoms. The minimum absolute atomic E-state index is 0.467. The van der Waals surface area contributed by atoms with E-state index in [9.17, 15) is 0 Å². The minimum atomic E-state index is 0.467. The first-order valence-corrected chi connectivity index (χ1v) is 7.57. The predicted octanol–water partition coefficient (Wildman–Crippen LogP) is 3.75. The lowest BCUT2D eigenvalue weighted by atomic mass is 9.79.